The lowest BCUT2D eigenvalue weighted by Gasteiger charge is -2.36. The Morgan fingerprint density at radius 2 is 1.74 bits per heavy atom. The second-order valence-electron chi connectivity index (χ2n) is 5.69. The van der Waals surface area contributed by atoms with Gasteiger partial charge in [0, 0.05) is 32.1 Å². The number of carbonyl (C=O) groups is 3. The van der Waals surface area contributed by atoms with Gasteiger partial charge in [0.1, 0.15) is 6.54 Å². The van der Waals surface area contributed by atoms with E-state index in [0.29, 0.717) is 13.1 Å². The lowest BCUT2D eigenvalue weighted by Crippen LogP contribution is -2.48. The highest BCUT2D eigenvalue weighted by molar-refractivity contribution is 6.01. The summed E-state index contributed by atoms with van der Waals surface area (Å²) in [7, 11) is 1.52. The van der Waals surface area contributed by atoms with E-state index in [-0.39, 0.29) is 36.3 Å². The Hall–Kier alpha value is -1.59. The number of likely N-dealkylation sites (N-methyl/N-ethyl adjacent to an activating group) is 1. The van der Waals surface area contributed by atoms with Gasteiger partial charge in [-0.05, 0) is 25.7 Å². The minimum atomic E-state index is -0.197. The number of imide groups is 1. The van der Waals surface area contributed by atoms with Gasteiger partial charge in [0.15, 0.2) is 0 Å². The molecule has 1 aliphatic carbocycles. The van der Waals surface area contributed by atoms with Crippen molar-refractivity contribution in [2.45, 2.75) is 31.7 Å². The van der Waals surface area contributed by atoms with Crippen molar-refractivity contribution in [3.8, 4) is 0 Å². The van der Waals surface area contributed by atoms with Crippen molar-refractivity contribution in [2.75, 3.05) is 26.7 Å². The summed E-state index contributed by atoms with van der Waals surface area (Å²) in [5.41, 5.74) is 0. The zero-order chi connectivity index (χ0) is 13.6. The molecule has 0 aromatic carbocycles. The smallest absolute Gasteiger partial charge is 0.327 e. The van der Waals surface area contributed by atoms with E-state index in [9.17, 15) is 14.4 Å². The summed E-state index contributed by atoms with van der Waals surface area (Å²) in [6.45, 7) is 1.61. The Balaban J connectivity index is 1.57. The van der Waals surface area contributed by atoms with Gasteiger partial charge in [0.05, 0.1) is 0 Å². The van der Waals surface area contributed by atoms with Crippen LogP contribution in [0, 0.1) is 5.92 Å². The molecule has 0 bridgehead atoms. The zero-order valence-corrected chi connectivity index (χ0v) is 11.2. The fraction of sp³-hybridized carbons (Fsp3) is 0.769. The lowest BCUT2D eigenvalue weighted by atomic mass is 10.0. The Morgan fingerprint density at radius 3 is 2.21 bits per heavy atom. The molecule has 3 aliphatic rings. The van der Waals surface area contributed by atoms with Crippen LogP contribution in [0.3, 0.4) is 0 Å². The van der Waals surface area contributed by atoms with Crippen molar-refractivity contribution in [3.05, 3.63) is 0 Å². The van der Waals surface area contributed by atoms with Crippen molar-refractivity contribution >= 4 is 17.8 Å². The summed E-state index contributed by atoms with van der Waals surface area (Å²) < 4.78 is 0. The number of hydrogen-bond acceptors (Lipinski definition) is 3. The molecule has 0 unspecified atom stereocenters. The minimum absolute atomic E-state index is 0.102. The van der Waals surface area contributed by atoms with Crippen LogP contribution in [0.1, 0.15) is 25.7 Å². The van der Waals surface area contributed by atoms with E-state index in [1.54, 1.807) is 4.90 Å². The molecule has 4 amide bonds. The Labute approximate surface area is 112 Å². The summed E-state index contributed by atoms with van der Waals surface area (Å²) in [5.74, 6) is 0.401. The van der Waals surface area contributed by atoms with E-state index >= 15 is 0 Å². The van der Waals surface area contributed by atoms with Gasteiger partial charge >= 0.3 is 6.03 Å². The van der Waals surface area contributed by atoms with E-state index in [2.05, 4.69) is 0 Å². The van der Waals surface area contributed by atoms with Gasteiger partial charge in [-0.15, -0.1) is 0 Å². The van der Waals surface area contributed by atoms with E-state index in [4.69, 9.17) is 0 Å². The fourth-order valence-corrected chi connectivity index (χ4v) is 2.89. The molecule has 3 fully saturated rings. The standard InChI is InChI=1S/C13H19N3O3/c1-14-11(17)8-16(13(14)19)10-4-6-15(7-5-10)12(18)9-2-3-9/h9-10H,2-8H2,1H3. The largest absolute Gasteiger partial charge is 0.342 e. The van der Waals surface area contributed by atoms with Crippen LogP contribution in [-0.2, 0) is 9.59 Å². The topological polar surface area (TPSA) is 60.9 Å². The zero-order valence-electron chi connectivity index (χ0n) is 11.2. The molecule has 2 saturated heterocycles. The molecule has 0 aromatic heterocycles. The third-order valence-electron chi connectivity index (χ3n) is 4.36. The minimum Gasteiger partial charge on any atom is -0.342 e. The third kappa shape index (κ3) is 2.19. The number of carbonyl (C=O) groups excluding carboxylic acids is 3. The van der Waals surface area contributed by atoms with Crippen molar-refractivity contribution in [1.82, 2.24) is 14.7 Å². The highest BCUT2D eigenvalue weighted by Gasteiger charge is 2.40. The number of likely N-dealkylation sites (tertiary alicyclic amines) is 1. The molecule has 2 aliphatic heterocycles. The predicted octanol–water partition coefficient (Wildman–Crippen LogP) is 0.281. The van der Waals surface area contributed by atoms with Crippen LogP contribution >= 0.6 is 0 Å². The van der Waals surface area contributed by atoms with Crippen LogP contribution in [0.4, 0.5) is 4.79 Å². The van der Waals surface area contributed by atoms with Crippen molar-refractivity contribution in [3.63, 3.8) is 0 Å². The summed E-state index contributed by atoms with van der Waals surface area (Å²) in [5, 5.41) is 0. The monoisotopic (exact) mass is 265 g/mol. The second kappa shape index (κ2) is 4.51. The van der Waals surface area contributed by atoms with Crippen LogP contribution in [0.15, 0.2) is 0 Å². The molecule has 19 heavy (non-hydrogen) atoms. The number of urea groups is 1. The number of piperidine rings is 1. The SMILES string of the molecule is CN1C(=O)CN(C2CCN(C(=O)C3CC3)CC2)C1=O. The number of nitrogens with zero attached hydrogens (tertiary/aromatic N) is 3. The summed E-state index contributed by atoms with van der Waals surface area (Å²) in [6, 6.07) is -0.0957. The summed E-state index contributed by atoms with van der Waals surface area (Å²) in [4.78, 5) is 40.1. The quantitative estimate of drug-likeness (QED) is 0.674. The normalized spacial score (nSPS) is 25.4. The molecule has 104 valence electrons. The molecular formula is C13H19N3O3. The van der Waals surface area contributed by atoms with E-state index in [1.807, 2.05) is 4.90 Å². The first kappa shape index (κ1) is 12.4. The third-order valence-corrected chi connectivity index (χ3v) is 4.36. The maximum atomic E-state index is 11.9. The van der Waals surface area contributed by atoms with Gasteiger partial charge < -0.3 is 9.80 Å². The molecule has 0 spiro atoms. The highest BCUT2D eigenvalue weighted by Crippen LogP contribution is 2.32. The maximum absolute atomic E-state index is 11.9. The lowest BCUT2D eigenvalue weighted by molar-refractivity contribution is -0.134. The highest BCUT2D eigenvalue weighted by atomic mass is 16.2. The number of rotatable bonds is 2. The van der Waals surface area contributed by atoms with Crippen LogP contribution in [0.2, 0.25) is 0 Å². The van der Waals surface area contributed by atoms with Crippen molar-refractivity contribution in [1.29, 1.82) is 0 Å². The van der Waals surface area contributed by atoms with Crippen LogP contribution in [0.5, 0.6) is 0 Å². The average Bonchev–Trinajstić information content (AvgIpc) is 3.23. The molecule has 3 rings (SSSR count). The molecule has 6 heteroatoms. The summed E-state index contributed by atoms with van der Waals surface area (Å²) >= 11 is 0. The van der Waals surface area contributed by atoms with Crippen molar-refractivity contribution in [2.24, 2.45) is 5.92 Å². The second-order valence-corrected chi connectivity index (χ2v) is 5.69. The Morgan fingerprint density at radius 1 is 1.11 bits per heavy atom. The van der Waals surface area contributed by atoms with E-state index in [0.717, 1.165) is 25.7 Å². The number of amides is 4. The fourth-order valence-electron chi connectivity index (χ4n) is 2.89. The van der Waals surface area contributed by atoms with E-state index < -0.39 is 0 Å². The predicted molar refractivity (Wildman–Crippen MR) is 67.2 cm³/mol. The summed E-state index contributed by atoms with van der Waals surface area (Å²) in [6.07, 6.45) is 3.63. The molecule has 0 aromatic rings. The molecule has 2 heterocycles. The first-order valence-electron chi connectivity index (χ1n) is 6.94. The van der Waals surface area contributed by atoms with E-state index in [1.165, 1.54) is 11.9 Å². The van der Waals surface area contributed by atoms with Gasteiger partial charge in [-0.25, -0.2) is 4.79 Å². The molecule has 0 atom stereocenters. The van der Waals surface area contributed by atoms with Gasteiger partial charge in [-0.3, -0.25) is 14.5 Å². The first-order valence-corrected chi connectivity index (χ1v) is 6.94. The van der Waals surface area contributed by atoms with Crippen LogP contribution < -0.4 is 0 Å². The van der Waals surface area contributed by atoms with Gasteiger partial charge in [0.25, 0.3) is 0 Å². The van der Waals surface area contributed by atoms with Crippen LogP contribution in [0.25, 0.3) is 0 Å². The van der Waals surface area contributed by atoms with Gasteiger partial charge in [0.2, 0.25) is 11.8 Å². The van der Waals surface area contributed by atoms with Gasteiger partial charge in [-0.1, -0.05) is 0 Å². The first-order chi connectivity index (χ1) is 9.08. The molecule has 6 nitrogen and oxygen atoms in total. The maximum Gasteiger partial charge on any atom is 0.327 e. The molecule has 0 radical (unpaired) electrons. The van der Waals surface area contributed by atoms with Crippen LogP contribution in [-0.4, -0.2) is 65.3 Å². The Bertz CT molecular complexity index is 425. The van der Waals surface area contributed by atoms with Gasteiger partial charge in [-0.2, -0.15) is 0 Å². The average molecular weight is 265 g/mol. The molecule has 0 N–H and O–H groups in total. The molecule has 1 saturated carbocycles. The molecular weight excluding hydrogens is 246 g/mol. The number of hydrogen-bond donors (Lipinski definition) is 0. The Kier molecular flexibility index (Phi) is 2.95. The van der Waals surface area contributed by atoms with Crippen molar-refractivity contribution < 1.29 is 14.4 Å².